The van der Waals surface area contributed by atoms with Gasteiger partial charge < -0.3 is 19.3 Å². The lowest BCUT2D eigenvalue weighted by Gasteiger charge is -2.24. The van der Waals surface area contributed by atoms with Crippen molar-refractivity contribution in [3.05, 3.63) is 11.3 Å². The van der Waals surface area contributed by atoms with Crippen LogP contribution in [0.3, 0.4) is 0 Å². The average molecular weight is 258 g/mol. The maximum absolute atomic E-state index is 11.7. The highest BCUT2D eigenvalue weighted by Gasteiger charge is 2.46. The average Bonchev–Trinajstić information content (AvgIpc) is 2.68. The highest BCUT2D eigenvalue weighted by Crippen LogP contribution is 2.34. The van der Waals surface area contributed by atoms with E-state index < -0.39 is 23.5 Å². The molecule has 0 amide bonds. The Morgan fingerprint density at radius 1 is 1.39 bits per heavy atom. The van der Waals surface area contributed by atoms with Crippen molar-refractivity contribution in [2.75, 3.05) is 20.8 Å². The van der Waals surface area contributed by atoms with Crippen LogP contribution < -0.4 is 0 Å². The van der Waals surface area contributed by atoms with Gasteiger partial charge >= 0.3 is 11.9 Å². The number of methoxy groups -OCH3 is 2. The number of carbonyl (C=O) groups excluding carboxylic acids is 2. The number of rotatable bonds is 4. The summed E-state index contributed by atoms with van der Waals surface area (Å²) in [5.74, 6) is -0.958. The second-order valence-electron chi connectivity index (χ2n) is 4.43. The lowest BCUT2D eigenvalue weighted by Crippen LogP contribution is -2.39. The van der Waals surface area contributed by atoms with E-state index in [9.17, 15) is 14.7 Å². The van der Waals surface area contributed by atoms with E-state index in [0.717, 1.165) is 0 Å². The summed E-state index contributed by atoms with van der Waals surface area (Å²) in [5, 5.41) is 9.54. The van der Waals surface area contributed by atoms with Crippen molar-refractivity contribution in [2.45, 2.75) is 26.4 Å². The maximum Gasteiger partial charge on any atom is 0.323 e. The lowest BCUT2D eigenvalue weighted by atomic mass is 9.85. The molecular weight excluding hydrogens is 240 g/mol. The molecule has 0 aromatic carbocycles. The molecule has 0 bridgehead atoms. The molecule has 6 heteroatoms. The number of aliphatic hydroxyl groups is 1. The van der Waals surface area contributed by atoms with Gasteiger partial charge in [-0.1, -0.05) is 0 Å². The predicted molar refractivity (Wildman–Crippen MR) is 61.4 cm³/mol. The fraction of sp³-hybridized carbons (Fsp3) is 0.667. The van der Waals surface area contributed by atoms with Crippen molar-refractivity contribution in [2.24, 2.45) is 5.41 Å². The van der Waals surface area contributed by atoms with Crippen LogP contribution in [-0.4, -0.2) is 44.0 Å². The first-order chi connectivity index (χ1) is 8.36. The number of hydrogen-bond donors (Lipinski definition) is 1. The third-order valence-corrected chi connectivity index (χ3v) is 3.14. The van der Waals surface area contributed by atoms with E-state index >= 15 is 0 Å². The number of carbonyl (C=O) groups is 2. The first kappa shape index (κ1) is 14.5. The minimum atomic E-state index is -1.47. The largest absolute Gasteiger partial charge is 0.495 e. The van der Waals surface area contributed by atoms with Crippen LogP contribution in [-0.2, 0) is 23.8 Å². The number of ether oxygens (including phenoxy) is 3. The van der Waals surface area contributed by atoms with E-state index in [2.05, 4.69) is 9.47 Å². The molecule has 0 saturated carbocycles. The van der Waals surface area contributed by atoms with Crippen LogP contribution in [0.25, 0.3) is 0 Å². The molecule has 1 unspecified atom stereocenters. The summed E-state index contributed by atoms with van der Waals surface area (Å²) in [5.41, 5.74) is -0.849. The molecule has 0 radical (unpaired) electrons. The van der Waals surface area contributed by atoms with E-state index in [0.29, 0.717) is 11.3 Å². The van der Waals surface area contributed by atoms with Crippen LogP contribution in [0.4, 0.5) is 0 Å². The number of aliphatic hydroxyl groups excluding tert-OH is 1. The van der Waals surface area contributed by atoms with Crippen LogP contribution in [0, 0.1) is 5.41 Å². The molecule has 0 fully saturated rings. The Hall–Kier alpha value is -1.56. The summed E-state index contributed by atoms with van der Waals surface area (Å²) in [6.07, 6.45) is -0.686. The number of allylic oxidation sites excluding steroid dienone is 1. The molecule has 102 valence electrons. The van der Waals surface area contributed by atoms with E-state index in [1.54, 1.807) is 6.92 Å². The van der Waals surface area contributed by atoms with Gasteiger partial charge in [-0.15, -0.1) is 0 Å². The highest BCUT2D eigenvalue weighted by atomic mass is 16.5. The zero-order chi connectivity index (χ0) is 13.9. The first-order valence-corrected chi connectivity index (χ1v) is 5.54. The Labute approximate surface area is 106 Å². The first-order valence-electron chi connectivity index (χ1n) is 5.54. The minimum Gasteiger partial charge on any atom is -0.495 e. The van der Waals surface area contributed by atoms with E-state index in [4.69, 9.17) is 4.74 Å². The maximum atomic E-state index is 11.7. The zero-order valence-corrected chi connectivity index (χ0v) is 11.0. The van der Waals surface area contributed by atoms with Crippen molar-refractivity contribution in [3.63, 3.8) is 0 Å². The third-order valence-electron chi connectivity index (χ3n) is 3.14. The predicted octanol–water partition coefficient (Wildman–Crippen LogP) is 0.394. The van der Waals surface area contributed by atoms with E-state index in [1.165, 1.54) is 21.1 Å². The number of hydrogen-bond acceptors (Lipinski definition) is 6. The van der Waals surface area contributed by atoms with Gasteiger partial charge in [-0.05, 0) is 19.4 Å². The van der Waals surface area contributed by atoms with Gasteiger partial charge in [0, 0.05) is 6.42 Å². The smallest absolute Gasteiger partial charge is 0.323 e. The van der Waals surface area contributed by atoms with Crippen molar-refractivity contribution in [1.29, 1.82) is 0 Å². The van der Waals surface area contributed by atoms with Crippen LogP contribution in [0.2, 0.25) is 0 Å². The summed E-state index contributed by atoms with van der Waals surface area (Å²) in [7, 11) is 2.41. The minimum absolute atomic E-state index is 0.00917. The van der Waals surface area contributed by atoms with E-state index in [1.807, 2.05) is 0 Å². The summed E-state index contributed by atoms with van der Waals surface area (Å²) in [6.45, 7) is 3.26. The molecule has 0 saturated heterocycles. The fourth-order valence-corrected chi connectivity index (χ4v) is 1.79. The number of esters is 2. The molecule has 0 aromatic rings. The monoisotopic (exact) mass is 258 g/mol. The van der Waals surface area contributed by atoms with Crippen molar-refractivity contribution >= 4 is 11.9 Å². The van der Waals surface area contributed by atoms with Crippen molar-refractivity contribution in [1.82, 2.24) is 0 Å². The van der Waals surface area contributed by atoms with Gasteiger partial charge in [0.25, 0.3) is 0 Å². The molecule has 1 heterocycles. The molecule has 1 aliphatic rings. The SMILES string of the molecule is COC(=O)C(C)(CC1=C(C)C(O)CO1)C(=O)OC. The van der Waals surface area contributed by atoms with Gasteiger partial charge in [0.1, 0.15) is 12.7 Å². The molecule has 1 N–H and O–H groups in total. The standard InChI is InChI=1S/C12H18O6/c1-7-8(13)6-18-9(7)5-12(2,10(14)16-3)11(15)17-4/h8,13H,5-6H2,1-4H3. The Morgan fingerprint density at radius 3 is 2.22 bits per heavy atom. The van der Waals surface area contributed by atoms with Crippen molar-refractivity contribution in [3.8, 4) is 0 Å². The molecule has 0 spiro atoms. The second-order valence-corrected chi connectivity index (χ2v) is 4.43. The molecule has 0 aliphatic carbocycles. The van der Waals surface area contributed by atoms with Gasteiger partial charge in [-0.2, -0.15) is 0 Å². The molecule has 0 aromatic heterocycles. The molecule has 18 heavy (non-hydrogen) atoms. The normalized spacial score (nSPS) is 19.5. The quantitative estimate of drug-likeness (QED) is 0.580. The van der Waals surface area contributed by atoms with Crippen molar-refractivity contribution < 1.29 is 28.9 Å². The van der Waals surface area contributed by atoms with Crippen LogP contribution >= 0.6 is 0 Å². The van der Waals surface area contributed by atoms with Gasteiger partial charge in [0.15, 0.2) is 5.41 Å². The Kier molecular flexibility index (Phi) is 4.34. The summed E-state index contributed by atoms with van der Waals surface area (Å²) < 4.78 is 14.5. The van der Waals surface area contributed by atoms with Gasteiger partial charge in [-0.25, -0.2) is 0 Å². The summed E-state index contributed by atoms with van der Waals surface area (Å²) >= 11 is 0. The topological polar surface area (TPSA) is 82.1 Å². The zero-order valence-electron chi connectivity index (χ0n) is 11.0. The van der Waals surface area contributed by atoms with Crippen LogP contribution in [0.15, 0.2) is 11.3 Å². The Balaban J connectivity index is 3.00. The lowest BCUT2D eigenvalue weighted by molar-refractivity contribution is -0.168. The van der Waals surface area contributed by atoms with Crippen LogP contribution in [0.5, 0.6) is 0 Å². The second kappa shape index (κ2) is 5.39. The van der Waals surface area contributed by atoms with Gasteiger partial charge in [-0.3, -0.25) is 9.59 Å². The van der Waals surface area contributed by atoms with Crippen LogP contribution in [0.1, 0.15) is 20.3 Å². The Bertz CT molecular complexity index is 368. The summed E-state index contributed by atoms with van der Waals surface area (Å²) in [6, 6.07) is 0. The third kappa shape index (κ3) is 2.48. The molecule has 1 rings (SSSR count). The van der Waals surface area contributed by atoms with Gasteiger partial charge in [0.2, 0.25) is 0 Å². The molecule has 1 atom stereocenters. The highest BCUT2D eigenvalue weighted by molar-refractivity contribution is 5.99. The fourth-order valence-electron chi connectivity index (χ4n) is 1.79. The Morgan fingerprint density at radius 2 is 1.89 bits per heavy atom. The summed E-state index contributed by atoms with van der Waals surface area (Å²) in [4.78, 5) is 23.5. The molecular formula is C12H18O6. The van der Waals surface area contributed by atoms with Gasteiger partial charge in [0.05, 0.1) is 20.0 Å². The molecule has 1 aliphatic heterocycles. The molecule has 6 nitrogen and oxygen atoms in total. The van der Waals surface area contributed by atoms with E-state index in [-0.39, 0.29) is 13.0 Å².